The Bertz CT molecular complexity index is 788. The van der Waals surface area contributed by atoms with Gasteiger partial charge in [0.05, 0.1) is 30.7 Å². The number of pyridine rings is 1. The number of rotatable bonds is 3. The van der Waals surface area contributed by atoms with E-state index in [1.165, 1.54) is 0 Å². The van der Waals surface area contributed by atoms with Gasteiger partial charge in [-0.3, -0.25) is 0 Å². The molecule has 3 aromatic rings. The normalized spacial score (nSPS) is 15.1. The van der Waals surface area contributed by atoms with Crippen molar-refractivity contribution in [2.45, 2.75) is 6.92 Å². The minimum absolute atomic E-state index is 0.627. The Morgan fingerprint density at radius 1 is 1.09 bits per heavy atom. The van der Waals surface area contributed by atoms with Gasteiger partial charge in [-0.05, 0) is 19.1 Å². The molecular weight excluding hydrogens is 296 g/mol. The SMILES string of the molecule is Cc1cc(-c2cnoc2-c2ccc(N3CCOCC3)nc2)on1. The molecule has 3 aromatic heterocycles. The van der Waals surface area contributed by atoms with Gasteiger partial charge in [0.2, 0.25) is 0 Å². The summed E-state index contributed by atoms with van der Waals surface area (Å²) in [5, 5.41) is 7.78. The van der Waals surface area contributed by atoms with Gasteiger partial charge in [0.15, 0.2) is 11.5 Å². The molecule has 1 aliphatic rings. The highest BCUT2D eigenvalue weighted by atomic mass is 16.5. The molecule has 0 aliphatic carbocycles. The molecule has 23 heavy (non-hydrogen) atoms. The van der Waals surface area contributed by atoms with Gasteiger partial charge >= 0.3 is 0 Å². The third kappa shape index (κ3) is 2.70. The summed E-state index contributed by atoms with van der Waals surface area (Å²) in [6.45, 7) is 5.06. The van der Waals surface area contributed by atoms with Crippen molar-refractivity contribution in [3.63, 3.8) is 0 Å². The molecule has 4 heterocycles. The van der Waals surface area contributed by atoms with E-state index in [1.807, 2.05) is 25.1 Å². The van der Waals surface area contributed by atoms with Crippen LogP contribution in [0.3, 0.4) is 0 Å². The zero-order valence-electron chi connectivity index (χ0n) is 12.7. The molecule has 1 fully saturated rings. The second-order valence-corrected chi connectivity index (χ2v) is 5.41. The Balaban J connectivity index is 1.63. The molecule has 118 valence electrons. The van der Waals surface area contributed by atoms with Gasteiger partial charge in [-0.1, -0.05) is 10.3 Å². The van der Waals surface area contributed by atoms with Gasteiger partial charge < -0.3 is 18.7 Å². The summed E-state index contributed by atoms with van der Waals surface area (Å²) in [4.78, 5) is 6.74. The maximum Gasteiger partial charge on any atom is 0.179 e. The first-order chi connectivity index (χ1) is 11.3. The number of nitrogens with zero attached hydrogens (tertiary/aromatic N) is 4. The largest absolute Gasteiger partial charge is 0.378 e. The molecule has 0 aromatic carbocycles. The van der Waals surface area contributed by atoms with E-state index in [1.54, 1.807) is 12.4 Å². The highest BCUT2D eigenvalue weighted by Crippen LogP contribution is 2.32. The van der Waals surface area contributed by atoms with Crippen molar-refractivity contribution in [3.8, 4) is 22.6 Å². The van der Waals surface area contributed by atoms with Gasteiger partial charge in [0.25, 0.3) is 0 Å². The van der Waals surface area contributed by atoms with Crippen LogP contribution in [0.5, 0.6) is 0 Å². The number of aryl methyl sites for hydroxylation is 1. The lowest BCUT2D eigenvalue weighted by Crippen LogP contribution is -2.36. The number of hydrogen-bond donors (Lipinski definition) is 0. The maximum atomic E-state index is 5.39. The Morgan fingerprint density at radius 3 is 2.65 bits per heavy atom. The van der Waals surface area contributed by atoms with Gasteiger partial charge in [-0.15, -0.1) is 0 Å². The van der Waals surface area contributed by atoms with Crippen LogP contribution in [-0.2, 0) is 4.74 Å². The van der Waals surface area contributed by atoms with Crippen LogP contribution < -0.4 is 4.90 Å². The van der Waals surface area contributed by atoms with E-state index in [2.05, 4.69) is 20.2 Å². The summed E-state index contributed by atoms with van der Waals surface area (Å²) >= 11 is 0. The van der Waals surface area contributed by atoms with Gasteiger partial charge in [0, 0.05) is 30.9 Å². The highest BCUT2D eigenvalue weighted by molar-refractivity contribution is 5.76. The van der Waals surface area contributed by atoms with Crippen molar-refractivity contribution in [1.29, 1.82) is 0 Å². The molecule has 0 spiro atoms. The summed E-state index contributed by atoms with van der Waals surface area (Å²) in [5.74, 6) is 2.20. The molecule has 0 N–H and O–H groups in total. The first-order valence-electron chi connectivity index (χ1n) is 7.49. The average molecular weight is 312 g/mol. The summed E-state index contributed by atoms with van der Waals surface area (Å²) in [5.41, 5.74) is 2.43. The van der Waals surface area contributed by atoms with E-state index < -0.39 is 0 Å². The second kappa shape index (κ2) is 5.85. The molecule has 0 atom stereocenters. The van der Waals surface area contributed by atoms with E-state index in [4.69, 9.17) is 13.8 Å². The van der Waals surface area contributed by atoms with E-state index in [0.29, 0.717) is 11.5 Å². The van der Waals surface area contributed by atoms with Crippen LogP contribution in [0.2, 0.25) is 0 Å². The molecular formula is C16H16N4O3. The molecule has 0 radical (unpaired) electrons. The van der Waals surface area contributed by atoms with Crippen LogP contribution in [-0.4, -0.2) is 41.6 Å². The van der Waals surface area contributed by atoms with Crippen molar-refractivity contribution < 1.29 is 13.8 Å². The number of anilines is 1. The Morgan fingerprint density at radius 2 is 1.96 bits per heavy atom. The summed E-state index contributed by atoms with van der Waals surface area (Å²) in [6, 6.07) is 5.81. The van der Waals surface area contributed by atoms with Gasteiger partial charge in [0.1, 0.15) is 5.82 Å². The summed E-state index contributed by atoms with van der Waals surface area (Å²) in [7, 11) is 0. The molecule has 0 saturated carbocycles. The third-order valence-electron chi connectivity index (χ3n) is 3.81. The molecule has 7 heteroatoms. The Labute approximate surface area is 132 Å². The van der Waals surface area contributed by atoms with E-state index in [9.17, 15) is 0 Å². The monoisotopic (exact) mass is 312 g/mol. The lowest BCUT2D eigenvalue weighted by molar-refractivity contribution is 0.122. The van der Waals surface area contributed by atoms with Crippen LogP contribution in [0.25, 0.3) is 22.6 Å². The smallest absolute Gasteiger partial charge is 0.179 e. The molecule has 0 amide bonds. The fourth-order valence-electron chi connectivity index (χ4n) is 2.61. The number of ether oxygens (including phenoxy) is 1. The fraction of sp³-hybridized carbons (Fsp3) is 0.312. The minimum atomic E-state index is 0.627. The van der Waals surface area contributed by atoms with Crippen LogP contribution in [0, 0.1) is 6.92 Å². The molecule has 7 nitrogen and oxygen atoms in total. The van der Waals surface area contributed by atoms with E-state index >= 15 is 0 Å². The zero-order valence-corrected chi connectivity index (χ0v) is 12.7. The quantitative estimate of drug-likeness (QED) is 0.735. The molecule has 0 bridgehead atoms. The zero-order chi connectivity index (χ0) is 15.6. The molecule has 4 rings (SSSR count). The number of hydrogen-bond acceptors (Lipinski definition) is 7. The van der Waals surface area contributed by atoms with Crippen LogP contribution in [0.4, 0.5) is 5.82 Å². The minimum Gasteiger partial charge on any atom is -0.378 e. The van der Waals surface area contributed by atoms with Crippen molar-refractivity contribution >= 4 is 5.82 Å². The number of aromatic nitrogens is 3. The topological polar surface area (TPSA) is 77.4 Å². The van der Waals surface area contributed by atoms with Crippen molar-refractivity contribution in [1.82, 2.24) is 15.3 Å². The Kier molecular flexibility index (Phi) is 3.55. The standard InChI is InChI=1S/C16H16N4O3/c1-11-8-14(22-19-11)13-10-18-23-16(13)12-2-3-15(17-9-12)20-4-6-21-7-5-20/h2-3,8-10H,4-7H2,1H3. The predicted octanol–water partition coefficient (Wildman–Crippen LogP) is 2.54. The fourth-order valence-corrected chi connectivity index (χ4v) is 2.61. The second-order valence-electron chi connectivity index (χ2n) is 5.41. The highest BCUT2D eigenvalue weighted by Gasteiger charge is 2.18. The number of morpholine rings is 1. The lowest BCUT2D eigenvalue weighted by atomic mass is 10.1. The van der Waals surface area contributed by atoms with E-state index in [-0.39, 0.29) is 0 Å². The lowest BCUT2D eigenvalue weighted by Gasteiger charge is -2.27. The molecule has 1 saturated heterocycles. The first kappa shape index (κ1) is 14.0. The van der Waals surface area contributed by atoms with Crippen LogP contribution in [0.1, 0.15) is 5.69 Å². The van der Waals surface area contributed by atoms with Crippen LogP contribution >= 0.6 is 0 Å². The van der Waals surface area contributed by atoms with Gasteiger partial charge in [-0.2, -0.15) is 0 Å². The molecule has 1 aliphatic heterocycles. The van der Waals surface area contributed by atoms with Crippen molar-refractivity contribution in [2.24, 2.45) is 0 Å². The first-order valence-corrected chi connectivity index (χ1v) is 7.49. The average Bonchev–Trinajstić information content (AvgIpc) is 3.24. The van der Waals surface area contributed by atoms with Crippen molar-refractivity contribution in [3.05, 3.63) is 36.3 Å². The summed E-state index contributed by atoms with van der Waals surface area (Å²) in [6.07, 6.45) is 3.42. The van der Waals surface area contributed by atoms with Crippen molar-refractivity contribution in [2.75, 3.05) is 31.2 Å². The van der Waals surface area contributed by atoms with E-state index in [0.717, 1.165) is 48.9 Å². The maximum absolute atomic E-state index is 5.39. The summed E-state index contributed by atoms with van der Waals surface area (Å²) < 4.78 is 16.0. The molecule has 0 unspecified atom stereocenters. The van der Waals surface area contributed by atoms with Gasteiger partial charge in [-0.25, -0.2) is 4.98 Å². The third-order valence-corrected chi connectivity index (χ3v) is 3.81. The van der Waals surface area contributed by atoms with Crippen LogP contribution in [0.15, 0.2) is 39.6 Å². The predicted molar refractivity (Wildman–Crippen MR) is 83.0 cm³/mol. The Hall–Kier alpha value is -2.67.